The Morgan fingerprint density at radius 2 is 1.74 bits per heavy atom. The molecule has 23 heavy (non-hydrogen) atoms. The molecule has 1 saturated heterocycles. The Hall–Kier alpha value is -2.29. The first kappa shape index (κ1) is 15.6. The zero-order valence-electron chi connectivity index (χ0n) is 13.8. The van der Waals surface area contributed by atoms with Gasteiger partial charge in [0.1, 0.15) is 5.92 Å². The van der Waals surface area contributed by atoms with Gasteiger partial charge in [-0.05, 0) is 42.5 Å². The van der Waals surface area contributed by atoms with E-state index in [0.717, 1.165) is 24.2 Å². The fraction of sp³-hybridized carbons (Fsp3) is 0.350. The lowest BCUT2D eigenvalue weighted by Gasteiger charge is -2.22. The predicted molar refractivity (Wildman–Crippen MR) is 92.9 cm³/mol. The van der Waals surface area contributed by atoms with Crippen molar-refractivity contribution < 1.29 is 9.53 Å². The van der Waals surface area contributed by atoms with Crippen molar-refractivity contribution in [2.45, 2.75) is 25.7 Å². The topological polar surface area (TPSA) is 29.5 Å². The van der Waals surface area contributed by atoms with Gasteiger partial charge in [-0.1, -0.05) is 42.5 Å². The first-order chi connectivity index (χ1) is 11.2. The van der Waals surface area contributed by atoms with Gasteiger partial charge in [-0.15, -0.1) is 0 Å². The highest BCUT2D eigenvalue weighted by Crippen LogP contribution is 2.31. The summed E-state index contributed by atoms with van der Waals surface area (Å²) in [4.78, 5) is 14.8. The summed E-state index contributed by atoms with van der Waals surface area (Å²) in [5, 5.41) is 0. The van der Waals surface area contributed by atoms with Crippen molar-refractivity contribution in [1.82, 2.24) is 0 Å². The third-order valence-corrected chi connectivity index (χ3v) is 4.57. The van der Waals surface area contributed by atoms with E-state index in [1.807, 2.05) is 30.3 Å². The molecule has 0 N–H and O–H groups in total. The lowest BCUT2D eigenvalue weighted by molar-refractivity contribution is -0.141. The largest absolute Gasteiger partial charge is 0.468 e. The van der Waals surface area contributed by atoms with Crippen LogP contribution >= 0.6 is 0 Å². The number of carbonyl (C=O) groups is 1. The summed E-state index contributed by atoms with van der Waals surface area (Å²) in [7, 11) is 1.45. The van der Waals surface area contributed by atoms with Crippen LogP contribution in [0, 0.1) is 6.92 Å². The number of methoxy groups -OCH3 is 1. The predicted octanol–water partition coefficient (Wildman–Crippen LogP) is 3.90. The third-order valence-electron chi connectivity index (χ3n) is 4.57. The van der Waals surface area contributed by atoms with Gasteiger partial charge in [-0.2, -0.15) is 0 Å². The Kier molecular flexibility index (Phi) is 4.65. The maximum atomic E-state index is 12.3. The van der Waals surface area contributed by atoms with E-state index in [1.165, 1.54) is 31.2 Å². The van der Waals surface area contributed by atoms with Crippen LogP contribution in [0.15, 0.2) is 48.5 Å². The molecule has 0 bridgehead atoms. The molecule has 0 unspecified atom stereocenters. The van der Waals surface area contributed by atoms with Crippen molar-refractivity contribution in [1.29, 1.82) is 0 Å². The van der Waals surface area contributed by atoms with E-state index >= 15 is 0 Å². The number of aryl methyl sites for hydroxylation is 1. The second-order valence-electron chi connectivity index (χ2n) is 6.11. The number of anilines is 1. The summed E-state index contributed by atoms with van der Waals surface area (Å²) >= 11 is 0. The van der Waals surface area contributed by atoms with E-state index in [2.05, 4.69) is 30.0 Å². The average Bonchev–Trinajstić information content (AvgIpc) is 3.10. The minimum atomic E-state index is -0.368. The molecule has 120 valence electrons. The molecule has 3 nitrogen and oxygen atoms in total. The highest BCUT2D eigenvalue weighted by Gasteiger charge is 2.24. The first-order valence-electron chi connectivity index (χ1n) is 8.19. The molecule has 2 aromatic carbocycles. The molecule has 1 aliphatic rings. The van der Waals surface area contributed by atoms with E-state index in [-0.39, 0.29) is 11.9 Å². The van der Waals surface area contributed by atoms with Gasteiger partial charge in [-0.25, -0.2) is 0 Å². The highest BCUT2D eigenvalue weighted by atomic mass is 16.5. The molecule has 0 aliphatic carbocycles. The van der Waals surface area contributed by atoms with Crippen LogP contribution in [0.2, 0.25) is 0 Å². The zero-order chi connectivity index (χ0) is 16.2. The van der Waals surface area contributed by atoms with Gasteiger partial charge in [0, 0.05) is 18.8 Å². The second kappa shape index (κ2) is 6.86. The van der Waals surface area contributed by atoms with E-state index in [9.17, 15) is 4.79 Å². The Labute approximate surface area is 137 Å². The normalized spacial score (nSPS) is 15.5. The quantitative estimate of drug-likeness (QED) is 0.802. The van der Waals surface area contributed by atoms with Crippen molar-refractivity contribution in [3.63, 3.8) is 0 Å². The number of hydrogen-bond donors (Lipinski definition) is 0. The van der Waals surface area contributed by atoms with Crippen LogP contribution in [0.4, 0.5) is 5.69 Å². The second-order valence-corrected chi connectivity index (χ2v) is 6.11. The fourth-order valence-electron chi connectivity index (χ4n) is 3.40. The molecule has 1 heterocycles. The van der Waals surface area contributed by atoms with Crippen LogP contribution < -0.4 is 4.90 Å². The monoisotopic (exact) mass is 309 g/mol. The summed E-state index contributed by atoms with van der Waals surface area (Å²) in [6, 6.07) is 16.2. The number of carbonyl (C=O) groups excluding carboxylic acids is 1. The Bertz CT molecular complexity index is 675. The molecule has 0 aromatic heterocycles. The number of hydrogen-bond acceptors (Lipinski definition) is 3. The molecule has 1 aliphatic heterocycles. The van der Waals surface area contributed by atoms with Crippen LogP contribution in [-0.2, 0) is 9.53 Å². The van der Waals surface area contributed by atoms with Crippen LogP contribution in [0.25, 0.3) is 0 Å². The average molecular weight is 309 g/mol. The van der Waals surface area contributed by atoms with Crippen molar-refractivity contribution in [3.8, 4) is 0 Å². The van der Waals surface area contributed by atoms with Gasteiger partial charge in [0.05, 0.1) is 7.11 Å². The van der Waals surface area contributed by atoms with Crippen molar-refractivity contribution in [2.24, 2.45) is 0 Å². The summed E-state index contributed by atoms with van der Waals surface area (Å²) in [6.07, 6.45) is 2.52. The van der Waals surface area contributed by atoms with Gasteiger partial charge in [0.25, 0.3) is 0 Å². The molecule has 3 rings (SSSR count). The fourth-order valence-corrected chi connectivity index (χ4v) is 3.40. The molecule has 3 heteroatoms. The summed E-state index contributed by atoms with van der Waals surface area (Å²) in [6.45, 7) is 4.37. The van der Waals surface area contributed by atoms with Gasteiger partial charge < -0.3 is 9.64 Å². The van der Waals surface area contributed by atoms with Gasteiger partial charge in [0.2, 0.25) is 0 Å². The van der Waals surface area contributed by atoms with Crippen molar-refractivity contribution in [2.75, 3.05) is 25.1 Å². The summed E-state index contributed by atoms with van der Waals surface area (Å²) in [5.41, 5.74) is 4.45. The van der Waals surface area contributed by atoms with Gasteiger partial charge in [0.15, 0.2) is 0 Å². The minimum Gasteiger partial charge on any atom is -0.468 e. The van der Waals surface area contributed by atoms with Gasteiger partial charge in [-0.3, -0.25) is 4.79 Å². The molecule has 0 saturated carbocycles. The maximum Gasteiger partial charge on any atom is 0.317 e. The SMILES string of the molecule is COC(=O)[C@H](c1ccccc1)c1ccc(N2CCCC2)c(C)c1. The molecule has 1 fully saturated rings. The molecule has 0 radical (unpaired) electrons. The van der Waals surface area contributed by atoms with E-state index in [0.29, 0.717) is 0 Å². The summed E-state index contributed by atoms with van der Waals surface area (Å²) in [5.74, 6) is -0.586. The minimum absolute atomic E-state index is 0.218. The molecular weight excluding hydrogens is 286 g/mol. The van der Waals surface area contributed by atoms with E-state index in [1.54, 1.807) is 0 Å². The molecular formula is C20H23NO2. The van der Waals surface area contributed by atoms with Crippen LogP contribution in [0.5, 0.6) is 0 Å². The Balaban J connectivity index is 1.96. The smallest absolute Gasteiger partial charge is 0.317 e. The maximum absolute atomic E-state index is 12.3. The van der Waals surface area contributed by atoms with Gasteiger partial charge >= 0.3 is 5.97 Å². The van der Waals surface area contributed by atoms with Crippen LogP contribution in [0.1, 0.15) is 35.4 Å². The number of benzene rings is 2. The van der Waals surface area contributed by atoms with Crippen molar-refractivity contribution >= 4 is 11.7 Å². The lowest BCUT2D eigenvalue weighted by atomic mass is 9.90. The van der Waals surface area contributed by atoms with Crippen LogP contribution in [-0.4, -0.2) is 26.2 Å². The van der Waals surface area contributed by atoms with E-state index < -0.39 is 0 Å². The molecule has 0 amide bonds. The standard InChI is InChI=1S/C20H23NO2/c1-15-14-17(10-11-18(15)21-12-6-7-13-21)19(20(22)23-2)16-8-4-3-5-9-16/h3-5,8-11,14,19H,6-7,12-13H2,1-2H3/t19-/m1/s1. The van der Waals surface area contributed by atoms with Crippen LogP contribution in [0.3, 0.4) is 0 Å². The zero-order valence-corrected chi connectivity index (χ0v) is 13.8. The lowest BCUT2D eigenvalue weighted by Crippen LogP contribution is -2.20. The number of rotatable bonds is 4. The summed E-state index contributed by atoms with van der Waals surface area (Å²) < 4.78 is 5.04. The molecule has 1 atom stereocenters. The number of nitrogens with zero attached hydrogens (tertiary/aromatic N) is 1. The third kappa shape index (κ3) is 3.24. The molecule has 0 spiro atoms. The Morgan fingerprint density at radius 3 is 2.35 bits per heavy atom. The van der Waals surface area contributed by atoms with Crippen molar-refractivity contribution in [3.05, 3.63) is 65.2 Å². The number of ether oxygens (including phenoxy) is 1. The first-order valence-corrected chi connectivity index (χ1v) is 8.19. The Morgan fingerprint density at radius 1 is 1.04 bits per heavy atom. The molecule has 2 aromatic rings. The van der Waals surface area contributed by atoms with E-state index in [4.69, 9.17) is 4.74 Å². The highest BCUT2D eigenvalue weighted by molar-refractivity contribution is 5.82. The number of esters is 1.